The molecule has 1 aliphatic heterocycles. The first-order chi connectivity index (χ1) is 21.3. The summed E-state index contributed by atoms with van der Waals surface area (Å²) in [5.41, 5.74) is 1.39. The Hall–Kier alpha value is -4.92. The molecule has 0 bridgehead atoms. The number of nitrogens with zero attached hydrogens (tertiary/aromatic N) is 5. The van der Waals surface area contributed by atoms with Crippen LogP contribution in [0.3, 0.4) is 0 Å². The van der Waals surface area contributed by atoms with Crippen LogP contribution in [0.15, 0.2) is 76.7 Å². The first kappa shape index (κ1) is 34.6. The third-order valence-corrected chi connectivity index (χ3v) is 6.68. The standard InChI is InChI=1S/C26H30F3N5O3.C4H4O4/c1-20-17-33(18-21-6-4-9-30-16-21)25(36)34(24(20)35)11-5-10-31-12-14-32(15-13-31)22-7-2-3-8-23(22)37-19-26(27,28)29;5-3(6)1-2-4(7)8/h2-4,6-9,16-17H,5,10-15,18-19H2,1H3;1-2H,(H,5,6)(H,7,8). The van der Waals surface area contributed by atoms with E-state index in [0.717, 1.165) is 5.56 Å². The molecule has 1 aliphatic rings. The summed E-state index contributed by atoms with van der Waals surface area (Å²) in [5.74, 6) is -2.30. The number of rotatable bonds is 11. The summed E-state index contributed by atoms with van der Waals surface area (Å²) >= 11 is 0. The van der Waals surface area contributed by atoms with Crippen LogP contribution in [0.1, 0.15) is 17.5 Å². The summed E-state index contributed by atoms with van der Waals surface area (Å²) in [6, 6.07) is 10.4. The number of para-hydroxylation sites is 2. The highest BCUT2D eigenvalue weighted by molar-refractivity contribution is 5.89. The molecular weight excluding hydrogens is 599 g/mol. The third-order valence-electron chi connectivity index (χ3n) is 6.68. The quantitative estimate of drug-likeness (QED) is 0.302. The van der Waals surface area contributed by atoms with Crippen LogP contribution in [0.25, 0.3) is 0 Å². The Morgan fingerprint density at radius 3 is 2.24 bits per heavy atom. The Bertz CT molecular complexity index is 1570. The molecule has 0 unspecified atom stereocenters. The van der Waals surface area contributed by atoms with Gasteiger partial charge in [-0.2, -0.15) is 13.2 Å². The minimum atomic E-state index is -4.40. The maximum Gasteiger partial charge on any atom is 0.422 e. The summed E-state index contributed by atoms with van der Waals surface area (Å²) < 4.78 is 45.7. The molecule has 242 valence electrons. The van der Waals surface area contributed by atoms with E-state index in [1.165, 1.54) is 9.13 Å². The zero-order valence-electron chi connectivity index (χ0n) is 24.5. The van der Waals surface area contributed by atoms with Crippen LogP contribution in [0.4, 0.5) is 18.9 Å². The first-order valence-electron chi connectivity index (χ1n) is 13.9. The minimum absolute atomic E-state index is 0.217. The summed E-state index contributed by atoms with van der Waals surface area (Å²) in [7, 11) is 0. The van der Waals surface area contributed by atoms with E-state index < -0.39 is 24.7 Å². The van der Waals surface area contributed by atoms with E-state index in [2.05, 4.69) is 9.88 Å². The summed E-state index contributed by atoms with van der Waals surface area (Å²) in [6.45, 7) is 4.40. The predicted octanol–water partition coefficient (Wildman–Crippen LogP) is 2.63. The van der Waals surface area contributed by atoms with Crippen LogP contribution in [-0.2, 0) is 22.7 Å². The van der Waals surface area contributed by atoms with Gasteiger partial charge in [-0.1, -0.05) is 18.2 Å². The fourth-order valence-electron chi connectivity index (χ4n) is 4.61. The van der Waals surface area contributed by atoms with Crippen molar-refractivity contribution in [3.63, 3.8) is 0 Å². The molecule has 0 spiro atoms. The number of alkyl halides is 3. The maximum absolute atomic E-state index is 13.0. The van der Waals surface area contributed by atoms with Crippen molar-refractivity contribution in [3.05, 3.63) is 99.1 Å². The van der Waals surface area contributed by atoms with Crippen LogP contribution in [-0.4, -0.2) is 86.7 Å². The van der Waals surface area contributed by atoms with Gasteiger partial charge in [0.05, 0.1) is 12.2 Å². The number of carbonyl (C=O) groups is 2. The lowest BCUT2D eigenvalue weighted by Crippen LogP contribution is -2.47. The average molecular weight is 634 g/mol. The van der Waals surface area contributed by atoms with Gasteiger partial charge >= 0.3 is 23.8 Å². The van der Waals surface area contributed by atoms with E-state index in [-0.39, 0.29) is 17.0 Å². The SMILES string of the molecule is Cc1cn(Cc2cccnc2)c(=O)n(CCCN2CCN(c3ccccc3OCC(F)(F)F)CC2)c1=O.O=C(O)C=CC(=O)O. The monoisotopic (exact) mass is 633 g/mol. The molecule has 1 fully saturated rings. The van der Waals surface area contributed by atoms with Crippen molar-refractivity contribution in [1.82, 2.24) is 19.0 Å². The summed E-state index contributed by atoms with van der Waals surface area (Å²) in [4.78, 5) is 53.1. The number of aryl methyl sites for hydroxylation is 1. The lowest BCUT2D eigenvalue weighted by Gasteiger charge is -2.36. The number of ether oxygens (including phenoxy) is 1. The van der Waals surface area contributed by atoms with E-state index in [1.807, 2.05) is 11.0 Å². The van der Waals surface area contributed by atoms with Gasteiger partial charge in [0.25, 0.3) is 5.56 Å². The normalized spacial score (nSPS) is 13.7. The van der Waals surface area contributed by atoms with Crippen molar-refractivity contribution < 1.29 is 37.7 Å². The molecule has 0 aliphatic carbocycles. The number of anilines is 1. The number of aliphatic carboxylic acids is 2. The number of carboxylic acids is 2. The van der Waals surface area contributed by atoms with Gasteiger partial charge in [0.1, 0.15) is 5.75 Å². The molecule has 15 heteroatoms. The number of halogens is 3. The number of pyridine rings is 1. The molecule has 1 saturated heterocycles. The van der Waals surface area contributed by atoms with Gasteiger partial charge in [-0.3, -0.25) is 23.8 Å². The average Bonchev–Trinajstić information content (AvgIpc) is 3.00. The highest BCUT2D eigenvalue weighted by atomic mass is 19.4. The van der Waals surface area contributed by atoms with Crippen molar-refractivity contribution in [2.75, 3.05) is 44.2 Å². The second-order valence-electron chi connectivity index (χ2n) is 10.1. The number of aromatic nitrogens is 3. The Balaban J connectivity index is 0.000000610. The zero-order valence-corrected chi connectivity index (χ0v) is 24.5. The topological polar surface area (TPSA) is 147 Å². The Morgan fingerprint density at radius 2 is 1.64 bits per heavy atom. The van der Waals surface area contributed by atoms with Gasteiger partial charge in [-0.25, -0.2) is 14.4 Å². The second-order valence-corrected chi connectivity index (χ2v) is 10.1. The lowest BCUT2D eigenvalue weighted by molar-refractivity contribution is -0.153. The van der Waals surface area contributed by atoms with Crippen LogP contribution in [0.2, 0.25) is 0 Å². The Kier molecular flexibility index (Phi) is 12.5. The molecule has 1 aromatic carbocycles. The number of benzene rings is 1. The largest absolute Gasteiger partial charge is 0.482 e. The van der Waals surface area contributed by atoms with E-state index in [4.69, 9.17) is 14.9 Å². The van der Waals surface area contributed by atoms with Crippen LogP contribution in [0.5, 0.6) is 5.75 Å². The number of piperazine rings is 1. The molecule has 0 atom stereocenters. The molecular formula is C30H34F3N5O7. The molecule has 2 aromatic heterocycles. The van der Waals surface area contributed by atoms with Crippen molar-refractivity contribution in [2.24, 2.45) is 0 Å². The van der Waals surface area contributed by atoms with Gasteiger partial charge in [-0.05, 0) is 43.7 Å². The molecule has 2 N–H and O–H groups in total. The van der Waals surface area contributed by atoms with E-state index in [1.54, 1.807) is 55.8 Å². The maximum atomic E-state index is 13.0. The van der Waals surface area contributed by atoms with Crippen LogP contribution >= 0.6 is 0 Å². The fraction of sp³-hybridized carbons (Fsp3) is 0.367. The second kappa shape index (κ2) is 16.2. The molecule has 4 rings (SSSR count). The van der Waals surface area contributed by atoms with Crippen molar-refractivity contribution in [1.29, 1.82) is 0 Å². The molecule has 3 aromatic rings. The summed E-state index contributed by atoms with van der Waals surface area (Å²) in [6.07, 6.45) is 2.29. The van der Waals surface area contributed by atoms with Gasteiger partial charge in [-0.15, -0.1) is 0 Å². The van der Waals surface area contributed by atoms with E-state index >= 15 is 0 Å². The molecule has 0 amide bonds. The highest BCUT2D eigenvalue weighted by Gasteiger charge is 2.29. The van der Waals surface area contributed by atoms with Crippen LogP contribution < -0.4 is 20.9 Å². The molecule has 3 heterocycles. The van der Waals surface area contributed by atoms with Gasteiger partial charge in [0.15, 0.2) is 6.61 Å². The van der Waals surface area contributed by atoms with Gasteiger partial charge in [0.2, 0.25) is 0 Å². The van der Waals surface area contributed by atoms with Crippen molar-refractivity contribution in [3.8, 4) is 5.75 Å². The molecule has 12 nitrogen and oxygen atoms in total. The minimum Gasteiger partial charge on any atom is -0.482 e. The van der Waals surface area contributed by atoms with Gasteiger partial charge in [0, 0.05) is 69.0 Å². The van der Waals surface area contributed by atoms with E-state index in [9.17, 15) is 32.3 Å². The first-order valence-corrected chi connectivity index (χ1v) is 13.9. The van der Waals surface area contributed by atoms with E-state index in [0.29, 0.717) is 75.6 Å². The lowest BCUT2D eigenvalue weighted by atomic mass is 10.2. The third kappa shape index (κ3) is 11.3. The van der Waals surface area contributed by atoms with Gasteiger partial charge < -0.3 is 19.8 Å². The summed E-state index contributed by atoms with van der Waals surface area (Å²) in [5, 5.41) is 15.6. The number of hydrogen-bond acceptors (Lipinski definition) is 8. The highest BCUT2D eigenvalue weighted by Crippen LogP contribution is 2.30. The molecule has 45 heavy (non-hydrogen) atoms. The fourth-order valence-corrected chi connectivity index (χ4v) is 4.61. The number of hydrogen-bond donors (Lipinski definition) is 2. The predicted molar refractivity (Wildman–Crippen MR) is 159 cm³/mol. The molecule has 0 saturated carbocycles. The number of carboxylic acid groups (broad SMARTS) is 2. The smallest absolute Gasteiger partial charge is 0.422 e. The van der Waals surface area contributed by atoms with Crippen molar-refractivity contribution >= 4 is 17.6 Å². The zero-order chi connectivity index (χ0) is 33.0. The Morgan fingerprint density at radius 1 is 0.978 bits per heavy atom. The van der Waals surface area contributed by atoms with Crippen molar-refractivity contribution in [2.45, 2.75) is 32.6 Å². The molecule has 0 radical (unpaired) electrons. The van der Waals surface area contributed by atoms with Crippen LogP contribution in [0, 0.1) is 6.92 Å². The Labute approximate surface area is 256 Å².